The van der Waals surface area contributed by atoms with Crippen LogP contribution in [0.4, 0.5) is 0 Å². The predicted molar refractivity (Wildman–Crippen MR) is 233 cm³/mol. The van der Waals surface area contributed by atoms with Gasteiger partial charge in [-0.15, -0.1) is 0 Å². The number of esters is 3. The first kappa shape index (κ1) is 53.4. The van der Waals surface area contributed by atoms with Crippen molar-refractivity contribution in [3.05, 3.63) is 0 Å². The third kappa shape index (κ3) is 43.4. The van der Waals surface area contributed by atoms with Crippen LogP contribution in [0.15, 0.2) is 0 Å². The summed E-state index contributed by atoms with van der Waals surface area (Å²) in [5.74, 6) is 0.710. The Morgan fingerprint density at radius 2 is 0.600 bits per heavy atom. The Kier molecular flexibility index (Phi) is 40.8. The molecule has 0 saturated carbocycles. The van der Waals surface area contributed by atoms with Crippen LogP contribution >= 0.6 is 0 Å². The molecule has 0 aliphatic rings. The van der Waals surface area contributed by atoms with Crippen LogP contribution in [0.2, 0.25) is 0 Å². The molecule has 0 aromatic rings. The predicted octanol–water partition coefficient (Wildman–Crippen LogP) is 15.4. The van der Waals surface area contributed by atoms with Gasteiger partial charge in [0.05, 0.1) is 0 Å². The van der Waals surface area contributed by atoms with Gasteiger partial charge in [0.25, 0.3) is 0 Å². The van der Waals surface area contributed by atoms with Crippen LogP contribution < -0.4 is 0 Å². The Morgan fingerprint density at radius 3 is 0.891 bits per heavy atom. The van der Waals surface area contributed by atoms with Crippen molar-refractivity contribution >= 4 is 17.9 Å². The summed E-state index contributed by atoms with van der Waals surface area (Å²) in [4.78, 5) is 37.8. The highest BCUT2D eigenvalue weighted by Crippen LogP contribution is 2.17. The van der Waals surface area contributed by atoms with E-state index in [2.05, 4.69) is 34.6 Å². The van der Waals surface area contributed by atoms with E-state index in [-0.39, 0.29) is 31.1 Å². The molecule has 0 saturated heterocycles. The smallest absolute Gasteiger partial charge is 0.306 e. The summed E-state index contributed by atoms with van der Waals surface area (Å²) in [7, 11) is 0. The summed E-state index contributed by atoms with van der Waals surface area (Å²) in [5, 5.41) is 0. The SMILES string of the molecule is CCCCCCCCCCCCCCCCCCC(=O)OC[C@@H](COC(=O)CCCCCCCCC(C)C)OC(=O)CCCCCCCCCCCC(C)C. The lowest BCUT2D eigenvalue weighted by Gasteiger charge is -2.18. The highest BCUT2D eigenvalue weighted by Gasteiger charge is 2.19. The van der Waals surface area contributed by atoms with E-state index < -0.39 is 6.10 Å². The molecule has 55 heavy (non-hydrogen) atoms. The summed E-state index contributed by atoms with van der Waals surface area (Å²) < 4.78 is 16.7. The molecule has 0 aliphatic heterocycles. The first-order valence-corrected chi connectivity index (χ1v) is 24.2. The number of ether oxygens (including phenoxy) is 3. The molecular weight excluding hydrogens is 685 g/mol. The molecular formula is C49H94O6. The van der Waals surface area contributed by atoms with Gasteiger partial charge in [0.2, 0.25) is 0 Å². The first-order chi connectivity index (χ1) is 26.7. The maximum absolute atomic E-state index is 12.7. The molecule has 0 aliphatic carbocycles. The largest absolute Gasteiger partial charge is 0.462 e. The zero-order valence-corrected chi connectivity index (χ0v) is 37.6. The van der Waals surface area contributed by atoms with Gasteiger partial charge in [-0.2, -0.15) is 0 Å². The van der Waals surface area contributed by atoms with Gasteiger partial charge in [-0.25, -0.2) is 0 Å². The Labute approximate surface area is 342 Å². The minimum atomic E-state index is -0.761. The van der Waals surface area contributed by atoms with E-state index in [0.29, 0.717) is 19.3 Å². The molecule has 0 N–H and O–H groups in total. The van der Waals surface area contributed by atoms with Crippen molar-refractivity contribution < 1.29 is 28.6 Å². The van der Waals surface area contributed by atoms with Crippen LogP contribution in [-0.2, 0) is 28.6 Å². The molecule has 0 unspecified atom stereocenters. The number of unbranched alkanes of at least 4 members (excludes halogenated alkanes) is 28. The second-order valence-electron chi connectivity index (χ2n) is 17.7. The van der Waals surface area contributed by atoms with Crippen molar-refractivity contribution in [2.45, 2.75) is 272 Å². The average molecular weight is 779 g/mol. The molecule has 326 valence electrons. The van der Waals surface area contributed by atoms with E-state index in [9.17, 15) is 14.4 Å². The van der Waals surface area contributed by atoms with Crippen LogP contribution in [0.25, 0.3) is 0 Å². The Hall–Kier alpha value is -1.59. The summed E-state index contributed by atoms with van der Waals surface area (Å²) in [6, 6.07) is 0. The van der Waals surface area contributed by atoms with Crippen molar-refractivity contribution in [3.63, 3.8) is 0 Å². The van der Waals surface area contributed by atoms with Gasteiger partial charge in [-0.05, 0) is 31.1 Å². The molecule has 6 heteroatoms. The van der Waals surface area contributed by atoms with Gasteiger partial charge in [0.15, 0.2) is 6.10 Å². The minimum absolute atomic E-state index is 0.0652. The van der Waals surface area contributed by atoms with Gasteiger partial charge in [0.1, 0.15) is 13.2 Å². The number of hydrogen-bond acceptors (Lipinski definition) is 6. The third-order valence-electron chi connectivity index (χ3n) is 11.0. The fourth-order valence-corrected chi connectivity index (χ4v) is 7.28. The summed E-state index contributed by atoms with van der Waals surface area (Å²) in [5.41, 5.74) is 0. The fraction of sp³-hybridized carbons (Fsp3) is 0.939. The molecule has 0 radical (unpaired) electrons. The zero-order valence-electron chi connectivity index (χ0n) is 37.6. The Balaban J connectivity index is 4.27. The molecule has 1 atom stereocenters. The number of carbonyl (C=O) groups excluding carboxylic acids is 3. The number of hydrogen-bond donors (Lipinski definition) is 0. The van der Waals surface area contributed by atoms with Crippen LogP contribution in [-0.4, -0.2) is 37.2 Å². The van der Waals surface area contributed by atoms with Gasteiger partial charge < -0.3 is 14.2 Å². The maximum atomic E-state index is 12.7. The Morgan fingerprint density at radius 1 is 0.345 bits per heavy atom. The standard InChI is InChI=1S/C49H94O6/c1-6-7-8-9-10-11-12-13-14-15-16-17-20-23-29-34-39-47(50)53-42-46(43-54-48(51)40-35-30-26-25-28-33-38-45(4)5)55-49(52)41-36-31-24-21-18-19-22-27-32-37-44(2)3/h44-46H,6-43H2,1-5H3/t46-/m0/s1. The Bertz CT molecular complexity index is 839. The molecule has 0 amide bonds. The zero-order chi connectivity index (χ0) is 40.5. The molecule has 0 rings (SSSR count). The maximum Gasteiger partial charge on any atom is 0.306 e. The second kappa shape index (κ2) is 42.0. The lowest BCUT2D eigenvalue weighted by atomic mass is 10.0. The van der Waals surface area contributed by atoms with Gasteiger partial charge in [0, 0.05) is 19.3 Å². The first-order valence-electron chi connectivity index (χ1n) is 24.2. The normalized spacial score (nSPS) is 12.1. The molecule has 0 bridgehead atoms. The summed E-state index contributed by atoms with van der Waals surface area (Å²) in [6.07, 6.45) is 41.0. The average Bonchev–Trinajstić information content (AvgIpc) is 3.15. The van der Waals surface area contributed by atoms with E-state index in [0.717, 1.165) is 69.6 Å². The van der Waals surface area contributed by atoms with Crippen molar-refractivity contribution in [1.29, 1.82) is 0 Å². The van der Waals surface area contributed by atoms with Crippen molar-refractivity contribution in [2.24, 2.45) is 11.8 Å². The van der Waals surface area contributed by atoms with Gasteiger partial charge in [-0.3, -0.25) is 14.4 Å². The third-order valence-corrected chi connectivity index (χ3v) is 11.0. The lowest BCUT2D eigenvalue weighted by molar-refractivity contribution is -0.167. The van der Waals surface area contributed by atoms with E-state index in [1.807, 2.05) is 0 Å². The highest BCUT2D eigenvalue weighted by atomic mass is 16.6. The molecule has 0 spiro atoms. The van der Waals surface area contributed by atoms with E-state index in [1.165, 1.54) is 154 Å². The second-order valence-corrected chi connectivity index (χ2v) is 17.7. The number of rotatable bonds is 43. The summed E-state index contributed by atoms with van der Waals surface area (Å²) >= 11 is 0. The summed E-state index contributed by atoms with van der Waals surface area (Å²) in [6.45, 7) is 11.3. The molecule has 6 nitrogen and oxygen atoms in total. The highest BCUT2D eigenvalue weighted by molar-refractivity contribution is 5.71. The van der Waals surface area contributed by atoms with Crippen LogP contribution in [0, 0.1) is 11.8 Å². The molecule has 0 fully saturated rings. The van der Waals surface area contributed by atoms with Crippen LogP contribution in [0.5, 0.6) is 0 Å². The topological polar surface area (TPSA) is 78.9 Å². The molecule has 0 aromatic heterocycles. The minimum Gasteiger partial charge on any atom is -0.462 e. The van der Waals surface area contributed by atoms with Crippen molar-refractivity contribution in [3.8, 4) is 0 Å². The number of carbonyl (C=O) groups is 3. The molecule has 0 aromatic carbocycles. The monoisotopic (exact) mass is 779 g/mol. The van der Waals surface area contributed by atoms with E-state index in [1.54, 1.807) is 0 Å². The van der Waals surface area contributed by atoms with E-state index >= 15 is 0 Å². The van der Waals surface area contributed by atoms with Crippen molar-refractivity contribution in [1.82, 2.24) is 0 Å². The quantitative estimate of drug-likeness (QED) is 0.0348. The lowest BCUT2D eigenvalue weighted by Crippen LogP contribution is -2.30. The van der Waals surface area contributed by atoms with Crippen LogP contribution in [0.1, 0.15) is 266 Å². The van der Waals surface area contributed by atoms with Crippen molar-refractivity contribution in [2.75, 3.05) is 13.2 Å². The van der Waals surface area contributed by atoms with Gasteiger partial charge in [-0.1, -0.05) is 227 Å². The molecule has 0 heterocycles. The van der Waals surface area contributed by atoms with Gasteiger partial charge >= 0.3 is 17.9 Å². The van der Waals surface area contributed by atoms with Crippen LogP contribution in [0.3, 0.4) is 0 Å². The fourth-order valence-electron chi connectivity index (χ4n) is 7.28. The van der Waals surface area contributed by atoms with E-state index in [4.69, 9.17) is 14.2 Å².